The second-order valence-electron chi connectivity index (χ2n) is 3.25. The first kappa shape index (κ1) is 8.59. The maximum atomic E-state index is 4.11. The van der Waals surface area contributed by atoms with Gasteiger partial charge in [-0.3, -0.25) is 4.68 Å². The van der Waals surface area contributed by atoms with Crippen molar-refractivity contribution >= 4 is 10.0 Å². The Balaban J connectivity index is 2.89. The Morgan fingerprint density at radius 2 is 2.09 bits per heavy atom. The molecule has 0 aromatic carbocycles. The minimum Gasteiger partial charge on any atom is -0.252 e. The summed E-state index contributed by atoms with van der Waals surface area (Å²) in [7, 11) is -0.687. The van der Waals surface area contributed by atoms with Crippen molar-refractivity contribution in [2.45, 2.75) is 18.5 Å². The Morgan fingerprint density at radius 1 is 1.45 bits per heavy atom. The van der Waals surface area contributed by atoms with Gasteiger partial charge in [-0.05, 0) is 25.7 Å². The van der Waals surface area contributed by atoms with E-state index in [9.17, 15) is 0 Å². The summed E-state index contributed by atoms with van der Waals surface area (Å²) in [4.78, 5) is 0. The maximum absolute atomic E-state index is 4.11. The Kier molecular flexibility index (Phi) is 2.23. The average Bonchev–Trinajstić information content (AvgIpc) is 2.32. The third-order valence-electron chi connectivity index (χ3n) is 1.47. The minimum absolute atomic E-state index is 0.687. The molecule has 0 N–H and O–H groups in total. The number of hydrogen-bond donors (Lipinski definition) is 0. The van der Waals surface area contributed by atoms with Crippen LogP contribution in [-0.2, 0) is 6.54 Å². The van der Waals surface area contributed by atoms with Crippen LogP contribution in [0.2, 0.25) is 0 Å². The molecule has 0 bridgehead atoms. The fourth-order valence-electron chi connectivity index (χ4n) is 0.716. The van der Waals surface area contributed by atoms with E-state index in [4.69, 9.17) is 0 Å². The monoisotopic (exact) mass is 173 g/mol. The predicted molar refractivity (Wildman–Crippen MR) is 49.3 cm³/mol. The van der Waals surface area contributed by atoms with Gasteiger partial charge in [0.1, 0.15) is 5.03 Å². The van der Waals surface area contributed by atoms with E-state index >= 15 is 0 Å². The van der Waals surface area contributed by atoms with Gasteiger partial charge in [-0.2, -0.15) is 0 Å². The molecule has 4 heteroatoms. The normalized spacial score (nSPS) is 13.5. The molecular weight excluding hydrogens is 158 g/mol. The molecule has 0 radical (unpaired) electrons. The van der Waals surface area contributed by atoms with Crippen LogP contribution in [0, 0.1) is 0 Å². The van der Waals surface area contributed by atoms with Crippen LogP contribution in [0.25, 0.3) is 0 Å². The summed E-state index contributed by atoms with van der Waals surface area (Å²) < 4.78 is 1.87. The van der Waals surface area contributed by atoms with Crippen molar-refractivity contribution in [3.05, 3.63) is 6.20 Å². The van der Waals surface area contributed by atoms with Crippen molar-refractivity contribution in [2.24, 2.45) is 0 Å². The molecule has 0 amide bonds. The summed E-state index contributed by atoms with van der Waals surface area (Å²) in [5.41, 5.74) is 0. The molecule has 0 aliphatic carbocycles. The maximum Gasteiger partial charge on any atom is 0.121 e. The van der Waals surface area contributed by atoms with Gasteiger partial charge in [-0.25, -0.2) is 10.0 Å². The second kappa shape index (κ2) is 2.85. The molecule has 0 aliphatic rings. The molecular formula is C7H15N3S. The zero-order valence-corrected chi connectivity index (χ0v) is 8.35. The molecule has 3 nitrogen and oxygen atoms in total. The lowest BCUT2D eigenvalue weighted by Crippen LogP contribution is -1.93. The molecule has 1 aromatic heterocycles. The molecule has 0 unspecified atom stereocenters. The first-order chi connectivity index (χ1) is 5.04. The highest BCUT2D eigenvalue weighted by molar-refractivity contribution is 8.32. The molecule has 0 saturated carbocycles. The lowest BCUT2D eigenvalue weighted by Gasteiger charge is -2.20. The van der Waals surface area contributed by atoms with Gasteiger partial charge in [-0.1, -0.05) is 5.21 Å². The van der Waals surface area contributed by atoms with E-state index in [1.165, 1.54) is 0 Å². The summed E-state index contributed by atoms with van der Waals surface area (Å²) in [6.07, 6.45) is 8.69. The van der Waals surface area contributed by atoms with Crippen molar-refractivity contribution < 1.29 is 0 Å². The Bertz CT molecular complexity index is 236. The van der Waals surface area contributed by atoms with Crippen molar-refractivity contribution in [3.63, 3.8) is 0 Å². The fourth-order valence-corrected chi connectivity index (χ4v) is 1.44. The lowest BCUT2D eigenvalue weighted by molar-refractivity contribution is 0.626. The second-order valence-corrected chi connectivity index (χ2v) is 7.34. The number of rotatable bonds is 2. The van der Waals surface area contributed by atoms with Crippen LogP contribution in [0.5, 0.6) is 0 Å². The third-order valence-corrected chi connectivity index (χ3v) is 2.91. The van der Waals surface area contributed by atoms with Crippen molar-refractivity contribution in [2.75, 3.05) is 18.8 Å². The van der Waals surface area contributed by atoms with Crippen molar-refractivity contribution in [1.82, 2.24) is 15.0 Å². The predicted octanol–water partition coefficient (Wildman–Crippen LogP) is 1.35. The fraction of sp³-hybridized carbons (Fsp3) is 0.714. The smallest absolute Gasteiger partial charge is 0.121 e. The summed E-state index contributed by atoms with van der Waals surface area (Å²) in [6.45, 7) is 2.97. The molecule has 64 valence electrons. The molecule has 0 spiro atoms. The van der Waals surface area contributed by atoms with Crippen LogP contribution >= 0.6 is 10.0 Å². The van der Waals surface area contributed by atoms with Gasteiger partial charge in [0.15, 0.2) is 0 Å². The van der Waals surface area contributed by atoms with E-state index in [1.54, 1.807) is 0 Å². The van der Waals surface area contributed by atoms with E-state index in [2.05, 4.69) is 36.0 Å². The largest absolute Gasteiger partial charge is 0.252 e. The molecule has 0 fully saturated rings. The van der Waals surface area contributed by atoms with Crippen molar-refractivity contribution in [1.29, 1.82) is 0 Å². The molecule has 0 aliphatic heterocycles. The molecule has 1 aromatic rings. The number of hydrogen-bond acceptors (Lipinski definition) is 2. The first-order valence-corrected chi connectivity index (χ1v) is 6.48. The van der Waals surface area contributed by atoms with Crippen LogP contribution in [0.1, 0.15) is 6.92 Å². The van der Waals surface area contributed by atoms with Crippen molar-refractivity contribution in [3.8, 4) is 0 Å². The minimum atomic E-state index is -0.687. The molecule has 11 heavy (non-hydrogen) atoms. The Labute approximate surface area is 69.1 Å². The van der Waals surface area contributed by atoms with Gasteiger partial charge in [0.2, 0.25) is 0 Å². The third kappa shape index (κ3) is 1.96. The highest BCUT2D eigenvalue weighted by Gasteiger charge is 2.11. The molecule has 0 saturated heterocycles. The van der Waals surface area contributed by atoms with Gasteiger partial charge in [0, 0.05) is 6.54 Å². The van der Waals surface area contributed by atoms with Crippen LogP contribution < -0.4 is 0 Å². The zero-order valence-electron chi connectivity index (χ0n) is 7.53. The van der Waals surface area contributed by atoms with Gasteiger partial charge in [0.05, 0.1) is 6.20 Å². The van der Waals surface area contributed by atoms with E-state index < -0.39 is 10.0 Å². The quantitative estimate of drug-likeness (QED) is 0.676. The van der Waals surface area contributed by atoms with Gasteiger partial charge >= 0.3 is 0 Å². The highest BCUT2D eigenvalue weighted by Crippen LogP contribution is 2.42. The van der Waals surface area contributed by atoms with Crippen LogP contribution in [0.15, 0.2) is 11.2 Å². The first-order valence-electron chi connectivity index (χ1n) is 3.62. The molecule has 1 rings (SSSR count). The number of aryl methyl sites for hydroxylation is 1. The van der Waals surface area contributed by atoms with Gasteiger partial charge in [-0.15, -0.1) is 5.10 Å². The lowest BCUT2D eigenvalue weighted by atomic mass is 10.7. The Hall–Kier alpha value is -0.510. The summed E-state index contributed by atoms with van der Waals surface area (Å²) >= 11 is 0. The summed E-state index contributed by atoms with van der Waals surface area (Å²) in [5, 5.41) is 9.24. The zero-order chi connectivity index (χ0) is 8.48. The summed E-state index contributed by atoms with van der Waals surface area (Å²) in [5.74, 6) is 0. The van der Waals surface area contributed by atoms with Crippen LogP contribution in [0.4, 0.5) is 0 Å². The standard InChI is InChI=1S/C7H15N3S/c1-5-10-6-7(8-9-10)11(2,3)4/h6H,5H2,1-4H3. The van der Waals surface area contributed by atoms with E-state index in [0.29, 0.717) is 0 Å². The topological polar surface area (TPSA) is 30.7 Å². The molecule has 0 atom stereocenters. The summed E-state index contributed by atoms with van der Waals surface area (Å²) in [6, 6.07) is 0. The number of nitrogens with zero attached hydrogens (tertiary/aromatic N) is 3. The van der Waals surface area contributed by atoms with E-state index in [-0.39, 0.29) is 0 Å². The Morgan fingerprint density at radius 3 is 2.36 bits per heavy atom. The highest BCUT2D eigenvalue weighted by atomic mass is 32.3. The van der Waals surface area contributed by atoms with E-state index in [1.807, 2.05) is 10.9 Å². The van der Waals surface area contributed by atoms with Gasteiger partial charge < -0.3 is 0 Å². The average molecular weight is 173 g/mol. The van der Waals surface area contributed by atoms with E-state index in [0.717, 1.165) is 11.6 Å². The SMILES string of the molecule is CCn1cc(S(C)(C)C)nn1. The number of aromatic nitrogens is 3. The van der Waals surface area contributed by atoms with Crippen LogP contribution in [0.3, 0.4) is 0 Å². The van der Waals surface area contributed by atoms with Gasteiger partial charge in [0.25, 0.3) is 0 Å². The molecule has 1 heterocycles. The van der Waals surface area contributed by atoms with Crippen LogP contribution in [-0.4, -0.2) is 33.8 Å².